The van der Waals surface area contributed by atoms with Crippen LogP contribution in [0.2, 0.25) is 0 Å². The lowest BCUT2D eigenvalue weighted by atomic mass is 10.1. The smallest absolute Gasteiger partial charge is 0.338 e. The first-order valence-corrected chi connectivity index (χ1v) is 9.45. The molecule has 0 amide bonds. The summed E-state index contributed by atoms with van der Waals surface area (Å²) in [5.74, 6) is 1.35. The fourth-order valence-corrected chi connectivity index (χ4v) is 2.91. The number of aryl methyl sites for hydroxylation is 1. The van der Waals surface area contributed by atoms with Crippen molar-refractivity contribution < 1.29 is 23.7 Å². The van der Waals surface area contributed by atoms with Gasteiger partial charge in [-0.3, -0.25) is 0 Å². The molecule has 0 atom stereocenters. The molecule has 0 fully saturated rings. The minimum atomic E-state index is -0.342. The Hall–Kier alpha value is -3.00. The second-order valence-electron chi connectivity index (χ2n) is 6.09. The Bertz CT molecular complexity index is 860. The van der Waals surface area contributed by atoms with E-state index in [2.05, 4.69) is 10.6 Å². The van der Waals surface area contributed by atoms with E-state index in [9.17, 15) is 4.79 Å². The van der Waals surface area contributed by atoms with Crippen molar-refractivity contribution in [3.05, 3.63) is 47.0 Å². The predicted octanol–water partition coefficient (Wildman–Crippen LogP) is 3.68. The topological polar surface area (TPSA) is 78.1 Å². The number of anilines is 1. The number of hydrogen-bond donors (Lipinski definition) is 2. The molecule has 0 aromatic heterocycles. The van der Waals surface area contributed by atoms with Gasteiger partial charge >= 0.3 is 5.97 Å². The van der Waals surface area contributed by atoms with Crippen molar-refractivity contribution in [1.29, 1.82) is 0 Å². The largest absolute Gasteiger partial charge is 0.493 e. The van der Waals surface area contributed by atoms with E-state index in [-0.39, 0.29) is 5.97 Å². The summed E-state index contributed by atoms with van der Waals surface area (Å²) in [6.45, 7) is 4.47. The van der Waals surface area contributed by atoms with Crippen molar-refractivity contribution >= 4 is 29.0 Å². The summed E-state index contributed by atoms with van der Waals surface area (Å²) in [5, 5.41) is 6.74. The van der Waals surface area contributed by atoms with Crippen molar-refractivity contribution in [2.45, 2.75) is 20.4 Å². The van der Waals surface area contributed by atoms with Crippen LogP contribution in [-0.4, -0.2) is 39.0 Å². The molecule has 2 aromatic rings. The van der Waals surface area contributed by atoms with E-state index in [1.807, 2.05) is 19.1 Å². The first-order valence-electron chi connectivity index (χ1n) is 9.05. The molecule has 156 valence electrons. The maximum atomic E-state index is 11.8. The number of nitrogens with one attached hydrogen (secondary N) is 2. The second-order valence-corrected chi connectivity index (χ2v) is 6.50. The van der Waals surface area contributed by atoms with Gasteiger partial charge in [-0.1, -0.05) is 0 Å². The molecular weight excluding hydrogens is 392 g/mol. The van der Waals surface area contributed by atoms with Crippen LogP contribution in [0.3, 0.4) is 0 Å². The first kappa shape index (κ1) is 22.3. The van der Waals surface area contributed by atoms with Gasteiger partial charge in [0.25, 0.3) is 0 Å². The van der Waals surface area contributed by atoms with Gasteiger partial charge < -0.3 is 29.6 Å². The lowest BCUT2D eigenvalue weighted by Gasteiger charge is -2.16. The number of benzene rings is 2. The van der Waals surface area contributed by atoms with Crippen LogP contribution >= 0.6 is 12.2 Å². The number of carbonyl (C=O) groups is 1. The third-order valence-corrected chi connectivity index (χ3v) is 4.41. The van der Waals surface area contributed by atoms with Crippen LogP contribution in [0.25, 0.3) is 0 Å². The monoisotopic (exact) mass is 418 g/mol. The molecule has 0 saturated carbocycles. The summed E-state index contributed by atoms with van der Waals surface area (Å²) < 4.78 is 21.1. The van der Waals surface area contributed by atoms with Crippen LogP contribution in [-0.2, 0) is 11.3 Å². The Labute approximate surface area is 176 Å². The Morgan fingerprint density at radius 1 is 1.03 bits per heavy atom. The Balaban J connectivity index is 2.04. The quantitative estimate of drug-likeness (QED) is 0.497. The lowest BCUT2D eigenvalue weighted by molar-refractivity contribution is 0.0526. The number of rotatable bonds is 8. The fraction of sp³-hybridized carbons (Fsp3) is 0.333. The van der Waals surface area contributed by atoms with E-state index in [0.717, 1.165) is 16.8 Å². The summed E-state index contributed by atoms with van der Waals surface area (Å²) in [6.07, 6.45) is 0. The van der Waals surface area contributed by atoms with Crippen molar-refractivity contribution in [3.63, 3.8) is 0 Å². The van der Waals surface area contributed by atoms with Crippen molar-refractivity contribution in [1.82, 2.24) is 5.32 Å². The molecule has 0 heterocycles. The first-order chi connectivity index (χ1) is 13.9. The van der Waals surface area contributed by atoms with E-state index in [1.54, 1.807) is 46.5 Å². The molecule has 7 nitrogen and oxygen atoms in total. The van der Waals surface area contributed by atoms with Crippen molar-refractivity contribution in [2.75, 3.05) is 33.3 Å². The molecule has 0 spiro atoms. The van der Waals surface area contributed by atoms with Gasteiger partial charge in [-0.15, -0.1) is 0 Å². The summed E-state index contributed by atoms with van der Waals surface area (Å²) in [5.41, 5.74) is 3.11. The number of hydrogen-bond acceptors (Lipinski definition) is 6. The highest BCUT2D eigenvalue weighted by Crippen LogP contribution is 2.38. The Kier molecular flexibility index (Phi) is 8.09. The number of carbonyl (C=O) groups excluding carboxylic acids is 1. The summed E-state index contributed by atoms with van der Waals surface area (Å²) in [4.78, 5) is 11.8. The summed E-state index contributed by atoms with van der Waals surface area (Å²) in [6, 6.07) is 8.99. The highest BCUT2D eigenvalue weighted by molar-refractivity contribution is 7.80. The molecule has 2 N–H and O–H groups in total. The van der Waals surface area contributed by atoms with Gasteiger partial charge in [0.1, 0.15) is 0 Å². The van der Waals surface area contributed by atoms with Crippen LogP contribution < -0.4 is 24.8 Å². The van der Waals surface area contributed by atoms with Gasteiger partial charge in [0, 0.05) is 12.2 Å². The molecule has 2 aromatic carbocycles. The van der Waals surface area contributed by atoms with Crippen LogP contribution in [0.15, 0.2) is 30.3 Å². The fourth-order valence-electron chi connectivity index (χ4n) is 2.73. The lowest BCUT2D eigenvalue weighted by Crippen LogP contribution is -2.28. The standard InChI is InChI=1S/C21H26N2O5S/c1-6-28-20(24)15-7-8-16(13(2)9-15)23-21(29)22-12-14-10-17(25-3)19(27-5)18(11-14)26-4/h7-11H,6,12H2,1-5H3,(H2,22,23,29). The summed E-state index contributed by atoms with van der Waals surface area (Å²) >= 11 is 5.39. The minimum Gasteiger partial charge on any atom is -0.493 e. The van der Waals surface area contributed by atoms with E-state index in [0.29, 0.717) is 41.1 Å². The zero-order chi connectivity index (χ0) is 21.4. The van der Waals surface area contributed by atoms with E-state index in [4.69, 9.17) is 31.2 Å². The number of esters is 1. The second kappa shape index (κ2) is 10.5. The molecule has 0 unspecified atom stereocenters. The van der Waals surface area contributed by atoms with E-state index < -0.39 is 0 Å². The maximum absolute atomic E-state index is 11.8. The van der Waals surface area contributed by atoms with Gasteiger partial charge in [-0.25, -0.2) is 4.79 Å². The zero-order valence-corrected chi connectivity index (χ0v) is 18.1. The molecule has 0 aliphatic carbocycles. The molecule has 0 aliphatic heterocycles. The number of thiocarbonyl (C=S) groups is 1. The zero-order valence-electron chi connectivity index (χ0n) is 17.3. The molecule has 2 rings (SSSR count). The number of ether oxygens (including phenoxy) is 4. The minimum absolute atomic E-state index is 0.340. The number of methoxy groups -OCH3 is 3. The molecule has 0 radical (unpaired) electrons. The van der Waals surface area contributed by atoms with Crippen LogP contribution in [0.4, 0.5) is 5.69 Å². The van der Waals surface area contributed by atoms with Gasteiger partial charge in [0.15, 0.2) is 16.6 Å². The molecular formula is C21H26N2O5S. The van der Waals surface area contributed by atoms with Crippen LogP contribution in [0.5, 0.6) is 17.2 Å². The van der Waals surface area contributed by atoms with Crippen molar-refractivity contribution in [2.24, 2.45) is 0 Å². The van der Waals surface area contributed by atoms with Gasteiger partial charge in [-0.05, 0) is 67.5 Å². The van der Waals surface area contributed by atoms with E-state index >= 15 is 0 Å². The molecule has 29 heavy (non-hydrogen) atoms. The average Bonchev–Trinajstić information content (AvgIpc) is 2.72. The third kappa shape index (κ3) is 5.74. The normalized spacial score (nSPS) is 10.1. The highest BCUT2D eigenvalue weighted by Gasteiger charge is 2.13. The molecule has 0 saturated heterocycles. The van der Waals surface area contributed by atoms with Crippen LogP contribution in [0.1, 0.15) is 28.4 Å². The van der Waals surface area contributed by atoms with E-state index in [1.165, 1.54) is 0 Å². The van der Waals surface area contributed by atoms with Gasteiger partial charge in [0.2, 0.25) is 5.75 Å². The van der Waals surface area contributed by atoms with Crippen molar-refractivity contribution in [3.8, 4) is 17.2 Å². The van der Waals surface area contributed by atoms with Gasteiger partial charge in [-0.2, -0.15) is 0 Å². The highest BCUT2D eigenvalue weighted by atomic mass is 32.1. The summed E-state index contributed by atoms with van der Waals surface area (Å²) in [7, 11) is 4.71. The average molecular weight is 419 g/mol. The third-order valence-electron chi connectivity index (χ3n) is 4.16. The molecule has 8 heteroatoms. The Morgan fingerprint density at radius 2 is 1.69 bits per heavy atom. The van der Waals surface area contributed by atoms with Crippen LogP contribution in [0, 0.1) is 6.92 Å². The SMILES string of the molecule is CCOC(=O)c1ccc(NC(=S)NCc2cc(OC)c(OC)c(OC)c2)c(C)c1. The Morgan fingerprint density at radius 3 is 2.21 bits per heavy atom. The molecule has 0 bridgehead atoms. The van der Waals surface area contributed by atoms with Gasteiger partial charge in [0.05, 0.1) is 33.5 Å². The predicted molar refractivity (Wildman–Crippen MR) is 116 cm³/mol. The maximum Gasteiger partial charge on any atom is 0.338 e. The molecule has 0 aliphatic rings.